The van der Waals surface area contributed by atoms with Crippen LogP contribution in [0.2, 0.25) is 0 Å². The molecule has 0 aliphatic carbocycles. The number of likely N-dealkylation sites (N-methyl/N-ethyl adjacent to an activating group) is 1. The van der Waals surface area contributed by atoms with Gasteiger partial charge in [0.1, 0.15) is 5.75 Å². The number of nitrogens with zero attached hydrogens (tertiary/aromatic N) is 1. The molecule has 0 spiro atoms. The van der Waals surface area contributed by atoms with Crippen molar-refractivity contribution in [2.24, 2.45) is 0 Å². The summed E-state index contributed by atoms with van der Waals surface area (Å²) >= 11 is 0. The van der Waals surface area contributed by atoms with Gasteiger partial charge in [0.2, 0.25) is 5.91 Å². The minimum atomic E-state index is -0.322. The summed E-state index contributed by atoms with van der Waals surface area (Å²) in [5, 5.41) is 2.90. The van der Waals surface area contributed by atoms with Crippen molar-refractivity contribution in [3.05, 3.63) is 58.5 Å². The van der Waals surface area contributed by atoms with Crippen molar-refractivity contribution in [2.45, 2.75) is 26.4 Å². The van der Waals surface area contributed by atoms with Gasteiger partial charge in [-0.1, -0.05) is 12.1 Å². The average molecular weight is 368 g/mol. The average Bonchev–Trinajstić information content (AvgIpc) is 3.02. The molecule has 0 radical (unpaired) electrons. The van der Waals surface area contributed by atoms with Crippen LogP contribution >= 0.6 is 0 Å². The Bertz CT molecular complexity index is 975. The smallest absolute Gasteiger partial charge is 0.323 e. The SMILES string of the molecule is CCOc1ccc(CN(C)[C@H](C)C(=O)Nc2ccc3[nH]c(=O)[nH]c3c2)cc1. The van der Waals surface area contributed by atoms with E-state index in [9.17, 15) is 9.59 Å². The van der Waals surface area contributed by atoms with Crippen molar-refractivity contribution in [2.75, 3.05) is 19.0 Å². The van der Waals surface area contributed by atoms with Gasteiger partial charge in [-0.05, 0) is 56.8 Å². The zero-order valence-electron chi connectivity index (χ0n) is 15.7. The van der Waals surface area contributed by atoms with Gasteiger partial charge in [0, 0.05) is 12.2 Å². The van der Waals surface area contributed by atoms with Crippen LogP contribution in [-0.2, 0) is 11.3 Å². The van der Waals surface area contributed by atoms with Crippen LogP contribution in [0.25, 0.3) is 11.0 Å². The Balaban J connectivity index is 1.61. The Morgan fingerprint density at radius 2 is 1.85 bits per heavy atom. The Morgan fingerprint density at radius 3 is 2.56 bits per heavy atom. The van der Waals surface area contributed by atoms with Crippen LogP contribution in [-0.4, -0.2) is 40.5 Å². The highest BCUT2D eigenvalue weighted by atomic mass is 16.5. The fraction of sp³-hybridized carbons (Fsp3) is 0.300. The fourth-order valence-electron chi connectivity index (χ4n) is 2.84. The molecule has 1 atom stereocenters. The molecule has 0 unspecified atom stereocenters. The number of ether oxygens (including phenoxy) is 1. The number of carbonyl (C=O) groups is 1. The van der Waals surface area contributed by atoms with Crippen LogP contribution in [0.4, 0.5) is 5.69 Å². The van der Waals surface area contributed by atoms with E-state index in [-0.39, 0.29) is 17.6 Å². The van der Waals surface area contributed by atoms with E-state index in [0.29, 0.717) is 29.9 Å². The lowest BCUT2D eigenvalue weighted by atomic mass is 10.1. The van der Waals surface area contributed by atoms with Crippen LogP contribution in [0.1, 0.15) is 19.4 Å². The van der Waals surface area contributed by atoms with Crippen LogP contribution in [0.15, 0.2) is 47.3 Å². The molecule has 3 rings (SSSR count). The molecule has 0 fully saturated rings. The molecule has 27 heavy (non-hydrogen) atoms. The maximum absolute atomic E-state index is 12.6. The summed E-state index contributed by atoms with van der Waals surface area (Å²) in [6.45, 7) is 5.10. The molecule has 1 heterocycles. The Kier molecular flexibility index (Phi) is 5.61. The number of fused-ring (bicyclic) bond motifs is 1. The first-order valence-corrected chi connectivity index (χ1v) is 8.91. The van der Waals surface area contributed by atoms with Gasteiger partial charge in [-0.2, -0.15) is 0 Å². The first-order valence-electron chi connectivity index (χ1n) is 8.91. The van der Waals surface area contributed by atoms with Gasteiger partial charge in [0.15, 0.2) is 0 Å². The normalized spacial score (nSPS) is 12.3. The minimum Gasteiger partial charge on any atom is -0.494 e. The lowest BCUT2D eigenvalue weighted by Crippen LogP contribution is -2.39. The van der Waals surface area contributed by atoms with E-state index < -0.39 is 0 Å². The third kappa shape index (κ3) is 4.57. The Morgan fingerprint density at radius 1 is 1.15 bits per heavy atom. The number of benzene rings is 2. The molecule has 7 heteroatoms. The van der Waals surface area contributed by atoms with Crippen molar-refractivity contribution in [3.63, 3.8) is 0 Å². The first kappa shape index (κ1) is 18.7. The largest absolute Gasteiger partial charge is 0.494 e. The van der Waals surface area contributed by atoms with E-state index >= 15 is 0 Å². The monoisotopic (exact) mass is 368 g/mol. The van der Waals surface area contributed by atoms with Gasteiger partial charge in [0.05, 0.1) is 23.7 Å². The van der Waals surface area contributed by atoms with E-state index in [4.69, 9.17) is 4.74 Å². The van der Waals surface area contributed by atoms with E-state index in [0.717, 1.165) is 11.3 Å². The topological polar surface area (TPSA) is 90.2 Å². The lowest BCUT2D eigenvalue weighted by molar-refractivity contribution is -0.120. The van der Waals surface area contributed by atoms with Crippen molar-refractivity contribution in [1.29, 1.82) is 0 Å². The molecule has 0 aliphatic heterocycles. The molecule has 0 saturated carbocycles. The number of imidazole rings is 1. The highest BCUT2D eigenvalue weighted by molar-refractivity contribution is 5.96. The van der Waals surface area contributed by atoms with E-state index in [2.05, 4.69) is 15.3 Å². The number of aromatic nitrogens is 2. The second-order valence-corrected chi connectivity index (χ2v) is 6.50. The summed E-state index contributed by atoms with van der Waals surface area (Å²) in [6, 6.07) is 12.8. The van der Waals surface area contributed by atoms with Crippen molar-refractivity contribution < 1.29 is 9.53 Å². The lowest BCUT2D eigenvalue weighted by Gasteiger charge is -2.24. The van der Waals surface area contributed by atoms with Gasteiger partial charge >= 0.3 is 5.69 Å². The number of amides is 1. The number of rotatable bonds is 7. The molecule has 3 aromatic rings. The quantitative estimate of drug-likeness (QED) is 0.598. The molecule has 0 saturated heterocycles. The highest BCUT2D eigenvalue weighted by Crippen LogP contribution is 2.17. The van der Waals surface area contributed by atoms with Crippen LogP contribution in [0, 0.1) is 0 Å². The molecule has 1 aromatic heterocycles. The highest BCUT2D eigenvalue weighted by Gasteiger charge is 2.18. The van der Waals surface area contributed by atoms with Crippen LogP contribution in [0.3, 0.4) is 0 Å². The Hall–Kier alpha value is -3.06. The summed E-state index contributed by atoms with van der Waals surface area (Å²) in [6.07, 6.45) is 0. The maximum atomic E-state index is 12.6. The Labute approximate surface area is 157 Å². The summed E-state index contributed by atoms with van der Waals surface area (Å²) in [5.74, 6) is 0.730. The number of anilines is 1. The van der Waals surface area contributed by atoms with Crippen LogP contribution < -0.4 is 15.7 Å². The standard InChI is InChI=1S/C20H24N4O3/c1-4-27-16-8-5-14(6-9-16)12-24(3)13(2)19(25)21-15-7-10-17-18(11-15)23-20(26)22-17/h5-11,13H,4,12H2,1-3H3,(H,21,25)(H2,22,23,26)/t13-/m1/s1. The molecular formula is C20H24N4O3. The third-order valence-electron chi connectivity index (χ3n) is 4.49. The van der Waals surface area contributed by atoms with Gasteiger partial charge in [0.25, 0.3) is 0 Å². The molecule has 7 nitrogen and oxygen atoms in total. The summed E-state index contributed by atoms with van der Waals surface area (Å²) in [4.78, 5) is 31.2. The zero-order valence-corrected chi connectivity index (χ0v) is 15.7. The molecule has 142 valence electrons. The van der Waals surface area contributed by atoms with Crippen molar-refractivity contribution in [1.82, 2.24) is 14.9 Å². The van der Waals surface area contributed by atoms with Gasteiger partial charge in [-0.3, -0.25) is 9.69 Å². The van der Waals surface area contributed by atoms with Gasteiger partial charge < -0.3 is 20.0 Å². The van der Waals surface area contributed by atoms with E-state index in [1.807, 2.05) is 50.1 Å². The summed E-state index contributed by atoms with van der Waals surface area (Å²) in [5.41, 5.74) is 2.85. The minimum absolute atomic E-state index is 0.110. The predicted octanol–water partition coefficient (Wildman–Crippen LogP) is 2.71. The van der Waals surface area contributed by atoms with Crippen molar-refractivity contribution >= 4 is 22.6 Å². The number of carbonyl (C=O) groups excluding carboxylic acids is 1. The number of aromatic amines is 2. The van der Waals surface area contributed by atoms with E-state index in [1.165, 1.54) is 0 Å². The summed E-state index contributed by atoms with van der Waals surface area (Å²) < 4.78 is 5.45. The number of nitrogens with one attached hydrogen (secondary N) is 3. The molecule has 1 amide bonds. The molecule has 0 bridgehead atoms. The number of hydrogen-bond donors (Lipinski definition) is 3. The van der Waals surface area contributed by atoms with Gasteiger partial charge in [-0.15, -0.1) is 0 Å². The summed E-state index contributed by atoms with van der Waals surface area (Å²) in [7, 11) is 1.91. The van der Waals surface area contributed by atoms with E-state index in [1.54, 1.807) is 18.2 Å². The molecule has 0 aliphatic rings. The van der Waals surface area contributed by atoms with Crippen LogP contribution in [0.5, 0.6) is 5.75 Å². The molecular weight excluding hydrogens is 344 g/mol. The molecule has 2 aromatic carbocycles. The zero-order chi connectivity index (χ0) is 19.4. The molecule has 3 N–H and O–H groups in total. The van der Waals surface area contributed by atoms with Crippen molar-refractivity contribution in [3.8, 4) is 5.75 Å². The fourth-order valence-corrected chi connectivity index (χ4v) is 2.84. The third-order valence-corrected chi connectivity index (χ3v) is 4.49. The maximum Gasteiger partial charge on any atom is 0.323 e. The number of hydrogen-bond acceptors (Lipinski definition) is 4. The first-order chi connectivity index (χ1) is 13.0. The second kappa shape index (κ2) is 8.09. The number of H-pyrrole nitrogens is 2. The van der Waals surface area contributed by atoms with Gasteiger partial charge in [-0.25, -0.2) is 4.79 Å². The second-order valence-electron chi connectivity index (χ2n) is 6.50. The predicted molar refractivity (Wildman–Crippen MR) is 106 cm³/mol.